The Balaban J connectivity index is 1.82. The minimum Gasteiger partial charge on any atom is -0.444 e. The Morgan fingerprint density at radius 1 is 1.00 bits per heavy atom. The fraction of sp³-hybridized carbons (Fsp3) is 0.480. The molecule has 0 N–H and O–H groups in total. The molecule has 2 atom stereocenters. The number of rotatable bonds is 5. The van der Waals surface area contributed by atoms with Crippen LogP contribution >= 0.6 is 22.6 Å². The number of carbonyl (C=O) groups excluding carboxylic acids is 1. The highest BCUT2D eigenvalue weighted by Crippen LogP contribution is 2.37. The molecule has 1 saturated heterocycles. The number of hydrogen-bond donors (Lipinski definition) is 0. The van der Waals surface area contributed by atoms with Crippen LogP contribution in [0.3, 0.4) is 0 Å². The predicted octanol–water partition coefficient (Wildman–Crippen LogP) is 7.22. The summed E-state index contributed by atoms with van der Waals surface area (Å²) in [6, 6.07) is 7.92. The second-order valence-electron chi connectivity index (χ2n) is 9.44. The number of ether oxygens (including phenoxy) is 3. The van der Waals surface area contributed by atoms with Crippen LogP contribution in [-0.4, -0.2) is 42.6 Å². The zero-order valence-electron chi connectivity index (χ0n) is 20.3. The van der Waals surface area contributed by atoms with E-state index in [4.69, 9.17) is 14.2 Å². The fourth-order valence-corrected chi connectivity index (χ4v) is 4.12. The predicted molar refractivity (Wildman–Crippen MR) is 131 cm³/mol. The number of halogens is 7. The lowest BCUT2D eigenvalue weighted by Crippen LogP contribution is -2.50. The van der Waals surface area contributed by atoms with E-state index in [1.165, 1.54) is 4.90 Å². The molecule has 0 saturated carbocycles. The summed E-state index contributed by atoms with van der Waals surface area (Å²) in [5.41, 5.74) is -3.05. The topological polar surface area (TPSA) is 48.0 Å². The van der Waals surface area contributed by atoms with E-state index >= 15 is 0 Å². The molecule has 3 rings (SSSR count). The van der Waals surface area contributed by atoms with E-state index in [-0.39, 0.29) is 37.8 Å². The first-order valence-electron chi connectivity index (χ1n) is 11.3. The van der Waals surface area contributed by atoms with Gasteiger partial charge in [0.25, 0.3) is 0 Å². The molecule has 2 aromatic carbocycles. The van der Waals surface area contributed by atoms with Gasteiger partial charge in [-0.05, 0) is 91.2 Å². The first kappa shape index (κ1) is 29.5. The molecule has 1 heterocycles. The molecule has 5 nitrogen and oxygen atoms in total. The van der Waals surface area contributed by atoms with Gasteiger partial charge < -0.3 is 14.2 Å². The van der Waals surface area contributed by atoms with E-state index in [2.05, 4.69) is 22.6 Å². The van der Waals surface area contributed by atoms with E-state index in [0.29, 0.717) is 17.7 Å². The average Bonchev–Trinajstić information content (AvgIpc) is 2.77. The zero-order chi connectivity index (χ0) is 27.6. The van der Waals surface area contributed by atoms with Gasteiger partial charge in [-0.1, -0.05) is 12.1 Å². The highest BCUT2D eigenvalue weighted by molar-refractivity contribution is 14.1. The lowest BCUT2D eigenvalue weighted by molar-refractivity contribution is -0.206. The molecule has 0 aromatic heterocycles. The van der Waals surface area contributed by atoms with Crippen molar-refractivity contribution in [3.63, 3.8) is 0 Å². The molecule has 0 radical (unpaired) electrons. The second-order valence-corrected chi connectivity index (χ2v) is 10.7. The molecule has 0 aliphatic carbocycles. The Bertz CT molecular complexity index is 1050. The summed E-state index contributed by atoms with van der Waals surface area (Å²) in [7, 11) is 0. The van der Waals surface area contributed by atoms with Crippen molar-refractivity contribution in [2.45, 2.75) is 57.5 Å². The van der Waals surface area contributed by atoms with Crippen molar-refractivity contribution >= 4 is 28.7 Å². The summed E-state index contributed by atoms with van der Waals surface area (Å²) in [4.78, 5) is 14.4. The molecule has 2 aromatic rings. The minimum absolute atomic E-state index is 0.0835. The molecule has 204 valence electrons. The van der Waals surface area contributed by atoms with Gasteiger partial charge in [0.2, 0.25) is 0 Å². The van der Waals surface area contributed by atoms with Crippen LogP contribution in [0.15, 0.2) is 42.5 Å². The summed E-state index contributed by atoms with van der Waals surface area (Å²) in [6.45, 7) is 5.24. The van der Waals surface area contributed by atoms with Crippen LogP contribution in [-0.2, 0) is 33.0 Å². The Hall–Kier alpha value is -2.06. The summed E-state index contributed by atoms with van der Waals surface area (Å²) in [6.07, 6.45) is -11.7. The summed E-state index contributed by atoms with van der Waals surface area (Å²) < 4.78 is 97.1. The van der Waals surface area contributed by atoms with Crippen molar-refractivity contribution in [1.29, 1.82) is 0 Å². The van der Waals surface area contributed by atoms with Crippen molar-refractivity contribution in [2.75, 3.05) is 19.8 Å². The summed E-state index contributed by atoms with van der Waals surface area (Å²) >= 11 is 2.13. The second kappa shape index (κ2) is 11.4. The van der Waals surface area contributed by atoms with Gasteiger partial charge >= 0.3 is 18.4 Å². The van der Waals surface area contributed by atoms with Crippen LogP contribution in [0.2, 0.25) is 0 Å². The maximum Gasteiger partial charge on any atom is 0.416 e. The molecule has 0 spiro atoms. The van der Waals surface area contributed by atoms with Gasteiger partial charge in [-0.3, -0.25) is 4.90 Å². The summed E-state index contributed by atoms with van der Waals surface area (Å²) in [5, 5.41) is 0. The lowest BCUT2D eigenvalue weighted by atomic mass is 10.0. The minimum atomic E-state index is -4.94. The van der Waals surface area contributed by atoms with Crippen molar-refractivity contribution in [2.24, 2.45) is 0 Å². The number of carbonyl (C=O) groups is 1. The molecule has 1 aliphatic rings. The Morgan fingerprint density at radius 3 is 2.08 bits per heavy atom. The van der Waals surface area contributed by atoms with Gasteiger partial charge in [0, 0.05) is 10.1 Å². The van der Waals surface area contributed by atoms with Crippen molar-refractivity contribution in [1.82, 2.24) is 4.90 Å². The van der Waals surface area contributed by atoms with E-state index in [0.717, 1.165) is 3.57 Å². The number of alkyl halides is 6. The molecule has 0 bridgehead atoms. The normalized spacial score (nSPS) is 19.1. The highest BCUT2D eigenvalue weighted by atomic mass is 127. The van der Waals surface area contributed by atoms with E-state index in [1.807, 2.05) is 12.1 Å². The third-order valence-corrected chi connectivity index (χ3v) is 6.09. The fourth-order valence-electron chi connectivity index (χ4n) is 3.76. The van der Waals surface area contributed by atoms with Gasteiger partial charge in [0.15, 0.2) is 6.29 Å². The maximum absolute atomic E-state index is 13.2. The van der Waals surface area contributed by atoms with Crippen LogP contribution < -0.4 is 0 Å². The van der Waals surface area contributed by atoms with Crippen LogP contribution in [0.1, 0.15) is 49.1 Å². The highest BCUT2D eigenvalue weighted by Gasteiger charge is 2.40. The summed E-state index contributed by atoms with van der Waals surface area (Å²) in [5.74, 6) is 0. The van der Waals surface area contributed by atoms with Crippen LogP contribution in [0, 0.1) is 3.57 Å². The number of benzene rings is 2. The van der Waals surface area contributed by atoms with Gasteiger partial charge in [-0.2, -0.15) is 26.3 Å². The molecule has 12 heteroatoms. The monoisotopic (exact) mass is 645 g/mol. The van der Waals surface area contributed by atoms with E-state index in [9.17, 15) is 31.1 Å². The Labute approximate surface area is 224 Å². The average molecular weight is 645 g/mol. The molecule has 1 fully saturated rings. The van der Waals surface area contributed by atoms with E-state index in [1.54, 1.807) is 32.9 Å². The van der Waals surface area contributed by atoms with Crippen LogP contribution in [0.4, 0.5) is 31.1 Å². The van der Waals surface area contributed by atoms with Crippen molar-refractivity contribution in [3.8, 4) is 0 Å². The maximum atomic E-state index is 13.2. The number of morpholine rings is 1. The number of hydrogen-bond acceptors (Lipinski definition) is 4. The first-order chi connectivity index (χ1) is 17.0. The largest absolute Gasteiger partial charge is 0.444 e. The van der Waals surface area contributed by atoms with Gasteiger partial charge in [0.05, 0.1) is 24.3 Å². The molecular formula is C25H26F6INO4. The third-order valence-electron chi connectivity index (χ3n) is 5.37. The quantitative estimate of drug-likeness (QED) is 0.255. The lowest BCUT2D eigenvalue weighted by Gasteiger charge is -2.41. The Morgan fingerprint density at radius 2 is 1.57 bits per heavy atom. The van der Waals surface area contributed by atoms with Gasteiger partial charge in [0.1, 0.15) is 11.6 Å². The van der Waals surface area contributed by atoms with Crippen LogP contribution in [0.25, 0.3) is 0 Å². The molecule has 37 heavy (non-hydrogen) atoms. The van der Waals surface area contributed by atoms with Crippen molar-refractivity contribution in [3.05, 3.63) is 68.3 Å². The van der Waals surface area contributed by atoms with Gasteiger partial charge in [-0.25, -0.2) is 4.79 Å². The number of amides is 1. The smallest absolute Gasteiger partial charge is 0.416 e. The third kappa shape index (κ3) is 8.21. The molecule has 0 unspecified atom stereocenters. The molecule has 1 aliphatic heterocycles. The first-order valence-corrected chi connectivity index (χ1v) is 12.4. The SMILES string of the molecule is CC(C)(C)OC(=O)N1CCO[C@H](OCCc2cc(C(F)(F)F)cc(C(F)(F)F)c2)[C@@H]1c1ccc(I)cc1. The number of nitrogens with zero attached hydrogens (tertiary/aromatic N) is 1. The Kier molecular flexibility index (Phi) is 9.05. The van der Waals surface area contributed by atoms with Gasteiger partial charge in [-0.15, -0.1) is 0 Å². The molecule has 1 amide bonds. The standard InChI is InChI=1S/C25H26F6INO4/c1-23(2,3)37-22(34)33-9-11-36-21(20(33)16-4-6-19(32)7-5-16)35-10-8-15-12-17(24(26,27)28)14-18(13-15)25(29,30)31/h4-7,12-14,20-21H,8-11H2,1-3H3/t20-,21-/m0/s1. The van der Waals surface area contributed by atoms with Crippen molar-refractivity contribution < 1.29 is 45.3 Å². The van der Waals surface area contributed by atoms with E-state index < -0.39 is 47.5 Å². The van der Waals surface area contributed by atoms with Crippen LogP contribution in [0.5, 0.6) is 0 Å². The molecular weight excluding hydrogens is 619 g/mol. The zero-order valence-corrected chi connectivity index (χ0v) is 22.4.